The summed E-state index contributed by atoms with van der Waals surface area (Å²) >= 11 is 0. The van der Waals surface area contributed by atoms with E-state index in [2.05, 4.69) is 46.7 Å². The Morgan fingerprint density at radius 2 is 2.17 bits per heavy atom. The van der Waals surface area contributed by atoms with Crippen LogP contribution in [0, 0.1) is 0 Å². The number of piperazine rings is 1. The molecule has 2 heterocycles. The van der Waals surface area contributed by atoms with Gasteiger partial charge in [0, 0.05) is 31.4 Å². The number of aliphatic hydroxyl groups excluding tert-OH is 1. The van der Waals surface area contributed by atoms with E-state index >= 15 is 0 Å². The summed E-state index contributed by atoms with van der Waals surface area (Å²) in [5.41, 5.74) is 1.07. The van der Waals surface area contributed by atoms with Crippen molar-refractivity contribution in [1.82, 2.24) is 14.9 Å². The van der Waals surface area contributed by atoms with E-state index in [1.54, 1.807) is 6.33 Å². The maximum atomic E-state index is 9.37. The molecule has 0 amide bonds. The van der Waals surface area contributed by atoms with Crippen LogP contribution in [-0.4, -0.2) is 59.3 Å². The maximum absolute atomic E-state index is 9.37. The molecule has 18 heavy (non-hydrogen) atoms. The smallest absolute Gasteiger partial charge is 0.132 e. The van der Waals surface area contributed by atoms with E-state index < -0.39 is 0 Å². The highest BCUT2D eigenvalue weighted by Gasteiger charge is 2.24. The molecule has 0 bridgehead atoms. The van der Waals surface area contributed by atoms with Gasteiger partial charge < -0.3 is 10.0 Å². The van der Waals surface area contributed by atoms with Gasteiger partial charge in [0.05, 0.1) is 12.6 Å². The summed E-state index contributed by atoms with van der Waals surface area (Å²) in [7, 11) is 2.05. The quantitative estimate of drug-likeness (QED) is 0.856. The van der Waals surface area contributed by atoms with Gasteiger partial charge >= 0.3 is 0 Å². The third-order valence-corrected chi connectivity index (χ3v) is 3.58. The van der Waals surface area contributed by atoms with E-state index in [4.69, 9.17) is 0 Å². The number of hydrogen-bond donors (Lipinski definition) is 1. The first-order chi connectivity index (χ1) is 8.61. The van der Waals surface area contributed by atoms with E-state index in [1.807, 2.05) is 0 Å². The SMILES string of the molecule is CC(C)c1cc(N2CCN(C)[C@H](CO)C2)ncn1. The first-order valence-corrected chi connectivity index (χ1v) is 6.49. The van der Waals surface area contributed by atoms with Gasteiger partial charge in [0.15, 0.2) is 0 Å². The van der Waals surface area contributed by atoms with Crippen molar-refractivity contribution in [1.29, 1.82) is 0 Å². The minimum absolute atomic E-state index is 0.190. The molecule has 5 nitrogen and oxygen atoms in total. The molecule has 0 aliphatic carbocycles. The van der Waals surface area contributed by atoms with E-state index in [0.717, 1.165) is 31.1 Å². The van der Waals surface area contributed by atoms with Crippen molar-refractivity contribution in [3.8, 4) is 0 Å². The molecule has 1 aromatic heterocycles. The predicted octanol–water partition coefficient (Wildman–Crippen LogP) is 0.713. The minimum Gasteiger partial charge on any atom is -0.395 e. The molecule has 0 radical (unpaired) electrons. The second-order valence-electron chi connectivity index (χ2n) is 5.22. The van der Waals surface area contributed by atoms with Gasteiger partial charge in [-0.1, -0.05) is 13.8 Å². The van der Waals surface area contributed by atoms with Crippen LogP contribution in [0.15, 0.2) is 12.4 Å². The zero-order valence-electron chi connectivity index (χ0n) is 11.4. The maximum Gasteiger partial charge on any atom is 0.132 e. The van der Waals surface area contributed by atoms with Crippen LogP contribution in [0.2, 0.25) is 0 Å². The summed E-state index contributed by atoms with van der Waals surface area (Å²) in [6.07, 6.45) is 1.64. The number of aliphatic hydroxyl groups is 1. The zero-order valence-corrected chi connectivity index (χ0v) is 11.4. The van der Waals surface area contributed by atoms with E-state index in [9.17, 15) is 5.11 Å². The lowest BCUT2D eigenvalue weighted by Crippen LogP contribution is -2.53. The van der Waals surface area contributed by atoms with Crippen LogP contribution in [0.25, 0.3) is 0 Å². The molecular weight excluding hydrogens is 228 g/mol. The Morgan fingerprint density at radius 3 is 2.83 bits per heavy atom. The number of nitrogens with zero attached hydrogens (tertiary/aromatic N) is 4. The fraction of sp³-hybridized carbons (Fsp3) is 0.692. The Kier molecular flexibility index (Phi) is 4.14. The molecule has 0 aromatic carbocycles. The lowest BCUT2D eigenvalue weighted by Gasteiger charge is -2.39. The zero-order chi connectivity index (χ0) is 13.1. The lowest BCUT2D eigenvalue weighted by molar-refractivity contribution is 0.135. The number of aromatic nitrogens is 2. The van der Waals surface area contributed by atoms with Crippen molar-refractivity contribution in [2.24, 2.45) is 0 Å². The van der Waals surface area contributed by atoms with Crippen molar-refractivity contribution in [2.45, 2.75) is 25.8 Å². The van der Waals surface area contributed by atoms with Crippen LogP contribution in [0.5, 0.6) is 0 Å². The third kappa shape index (κ3) is 2.79. The molecule has 1 atom stereocenters. The highest BCUT2D eigenvalue weighted by atomic mass is 16.3. The molecule has 1 N–H and O–H groups in total. The summed E-state index contributed by atoms with van der Waals surface area (Å²) in [6, 6.07) is 2.25. The molecule has 1 fully saturated rings. The number of rotatable bonds is 3. The standard InChI is InChI=1S/C13H22N4O/c1-10(2)12-6-13(15-9-14-12)17-5-4-16(3)11(7-17)8-18/h6,9-11,18H,4-5,7-8H2,1-3H3/t11-/m0/s1. The van der Waals surface area contributed by atoms with Crippen LogP contribution in [0.4, 0.5) is 5.82 Å². The fourth-order valence-corrected chi connectivity index (χ4v) is 2.20. The summed E-state index contributed by atoms with van der Waals surface area (Å²) in [5.74, 6) is 1.38. The molecule has 0 saturated carbocycles. The molecule has 100 valence electrons. The average molecular weight is 250 g/mol. The highest BCUT2D eigenvalue weighted by molar-refractivity contribution is 5.40. The highest BCUT2D eigenvalue weighted by Crippen LogP contribution is 2.19. The Balaban J connectivity index is 2.14. The van der Waals surface area contributed by atoms with E-state index in [1.165, 1.54) is 0 Å². The van der Waals surface area contributed by atoms with Gasteiger partial charge in [-0.3, -0.25) is 4.90 Å². The van der Waals surface area contributed by atoms with Crippen LogP contribution >= 0.6 is 0 Å². The van der Waals surface area contributed by atoms with Gasteiger partial charge in [-0.25, -0.2) is 9.97 Å². The van der Waals surface area contributed by atoms with Crippen molar-refractivity contribution < 1.29 is 5.11 Å². The average Bonchev–Trinajstić information content (AvgIpc) is 2.39. The van der Waals surface area contributed by atoms with E-state index in [0.29, 0.717) is 5.92 Å². The third-order valence-electron chi connectivity index (χ3n) is 3.58. The molecule has 0 spiro atoms. The summed E-state index contributed by atoms with van der Waals surface area (Å²) in [5, 5.41) is 9.37. The molecule has 1 aliphatic rings. The summed E-state index contributed by atoms with van der Waals surface area (Å²) in [4.78, 5) is 13.1. The predicted molar refractivity (Wildman–Crippen MR) is 71.8 cm³/mol. The first kappa shape index (κ1) is 13.2. The largest absolute Gasteiger partial charge is 0.395 e. The van der Waals surface area contributed by atoms with Gasteiger partial charge in [0.1, 0.15) is 12.1 Å². The van der Waals surface area contributed by atoms with Gasteiger partial charge in [-0.05, 0) is 13.0 Å². The second-order valence-corrected chi connectivity index (χ2v) is 5.22. The lowest BCUT2D eigenvalue weighted by atomic mass is 10.1. The van der Waals surface area contributed by atoms with Gasteiger partial charge in [-0.2, -0.15) is 0 Å². The minimum atomic E-state index is 0.190. The van der Waals surface area contributed by atoms with Gasteiger partial charge in [-0.15, -0.1) is 0 Å². The first-order valence-electron chi connectivity index (χ1n) is 6.49. The molecule has 5 heteroatoms. The van der Waals surface area contributed by atoms with Crippen molar-refractivity contribution in [3.05, 3.63) is 18.1 Å². The molecular formula is C13H22N4O. The molecule has 1 aromatic rings. The van der Waals surface area contributed by atoms with E-state index in [-0.39, 0.29) is 12.6 Å². The van der Waals surface area contributed by atoms with Gasteiger partial charge in [0.25, 0.3) is 0 Å². The number of likely N-dealkylation sites (N-methyl/N-ethyl adjacent to an activating group) is 1. The normalized spacial score (nSPS) is 21.6. The van der Waals surface area contributed by atoms with Gasteiger partial charge in [0.2, 0.25) is 0 Å². The number of hydrogen-bond acceptors (Lipinski definition) is 5. The van der Waals surface area contributed by atoms with Crippen molar-refractivity contribution in [3.63, 3.8) is 0 Å². The Bertz CT molecular complexity index is 396. The molecule has 1 aliphatic heterocycles. The van der Waals surface area contributed by atoms with Crippen molar-refractivity contribution >= 4 is 5.82 Å². The fourth-order valence-electron chi connectivity index (χ4n) is 2.20. The summed E-state index contributed by atoms with van der Waals surface area (Å²) < 4.78 is 0. The van der Waals surface area contributed by atoms with Crippen molar-refractivity contribution in [2.75, 3.05) is 38.2 Å². The molecule has 0 unspecified atom stereocenters. The molecule has 1 saturated heterocycles. The van der Waals surface area contributed by atoms with Crippen LogP contribution in [0.3, 0.4) is 0 Å². The number of anilines is 1. The van der Waals surface area contributed by atoms with Crippen LogP contribution < -0.4 is 4.90 Å². The molecule has 2 rings (SSSR count). The van der Waals surface area contributed by atoms with Crippen LogP contribution in [0.1, 0.15) is 25.5 Å². The van der Waals surface area contributed by atoms with Crippen LogP contribution in [-0.2, 0) is 0 Å². The summed E-state index contributed by atoms with van der Waals surface area (Å²) in [6.45, 7) is 7.17. The topological polar surface area (TPSA) is 52.5 Å². The Morgan fingerprint density at radius 1 is 1.39 bits per heavy atom. The second kappa shape index (κ2) is 5.63. The monoisotopic (exact) mass is 250 g/mol. The Hall–Kier alpha value is -1.20. The Labute approximate surface area is 108 Å².